The molecule has 0 aliphatic rings. The number of ether oxygens (including phenoxy) is 1. The molecule has 0 aliphatic carbocycles. The van der Waals surface area contributed by atoms with Crippen molar-refractivity contribution in [2.45, 2.75) is 11.9 Å². The maximum Gasteiger partial charge on any atom is 0.346 e. The molecule has 2 heterocycles. The van der Waals surface area contributed by atoms with Crippen molar-refractivity contribution in [3.8, 4) is 0 Å². The zero-order valence-corrected chi connectivity index (χ0v) is 11.8. The number of methoxy groups -OCH3 is 1. The van der Waals surface area contributed by atoms with Gasteiger partial charge >= 0.3 is 11.9 Å². The highest BCUT2D eigenvalue weighted by Crippen LogP contribution is 2.34. The van der Waals surface area contributed by atoms with E-state index in [1.807, 2.05) is 0 Å². The number of carboxylic acids is 1. The summed E-state index contributed by atoms with van der Waals surface area (Å²) < 4.78 is 4.56. The number of hydrogen-bond acceptors (Lipinski definition) is 7. The summed E-state index contributed by atoms with van der Waals surface area (Å²) in [6.07, 6.45) is 1.36. The first-order valence-electron chi connectivity index (χ1n) is 5.21. The molecule has 0 radical (unpaired) electrons. The number of thioether (sulfide) groups is 1. The number of carboxylic acid groups (broad SMARTS) is 1. The van der Waals surface area contributed by atoms with Crippen molar-refractivity contribution in [2.24, 2.45) is 0 Å². The second kappa shape index (κ2) is 5.54. The SMILES string of the molecule is COC(=O)CSc1ncnc2sc(C(=O)O)c(C)c12. The number of carbonyl (C=O) groups is 2. The van der Waals surface area contributed by atoms with Gasteiger partial charge in [-0.1, -0.05) is 11.8 Å². The number of nitrogens with zero attached hydrogens (tertiary/aromatic N) is 2. The molecule has 0 saturated heterocycles. The Bertz CT molecular complexity index is 653. The fourth-order valence-corrected chi connectivity index (χ4v) is 3.48. The fraction of sp³-hybridized carbons (Fsp3) is 0.273. The van der Waals surface area contributed by atoms with E-state index in [-0.39, 0.29) is 16.6 Å². The van der Waals surface area contributed by atoms with Crippen molar-refractivity contribution in [3.05, 3.63) is 16.8 Å². The molecule has 0 aromatic carbocycles. The second-order valence-electron chi connectivity index (χ2n) is 3.59. The number of hydrogen-bond donors (Lipinski definition) is 1. The quantitative estimate of drug-likeness (QED) is 0.524. The lowest BCUT2D eigenvalue weighted by Gasteiger charge is -2.02. The maximum absolute atomic E-state index is 11.1. The first-order chi connectivity index (χ1) is 9.04. The topological polar surface area (TPSA) is 89.4 Å². The van der Waals surface area contributed by atoms with E-state index in [0.717, 1.165) is 11.3 Å². The third-order valence-electron chi connectivity index (χ3n) is 2.44. The number of aryl methyl sites for hydroxylation is 1. The van der Waals surface area contributed by atoms with E-state index < -0.39 is 5.97 Å². The third-order valence-corrected chi connectivity index (χ3v) is 4.59. The predicted octanol–water partition coefficient (Wildman–Crippen LogP) is 1.96. The van der Waals surface area contributed by atoms with Gasteiger partial charge in [0.15, 0.2) is 0 Å². The summed E-state index contributed by atoms with van der Waals surface area (Å²) in [5.41, 5.74) is 0.625. The molecular formula is C11H10N2O4S2. The normalized spacial score (nSPS) is 10.6. The third kappa shape index (κ3) is 2.69. The first kappa shape index (κ1) is 13.8. The molecule has 19 heavy (non-hydrogen) atoms. The summed E-state index contributed by atoms with van der Waals surface area (Å²) in [6, 6.07) is 0. The van der Waals surface area contributed by atoms with Gasteiger partial charge in [0.2, 0.25) is 0 Å². The van der Waals surface area contributed by atoms with Gasteiger partial charge in [-0.15, -0.1) is 11.3 Å². The molecule has 0 amide bonds. The minimum Gasteiger partial charge on any atom is -0.477 e. The van der Waals surface area contributed by atoms with E-state index in [1.165, 1.54) is 25.2 Å². The molecule has 0 atom stereocenters. The molecule has 0 bridgehead atoms. The number of aromatic nitrogens is 2. The number of rotatable bonds is 4. The molecule has 8 heteroatoms. The van der Waals surface area contributed by atoms with Gasteiger partial charge in [-0.25, -0.2) is 14.8 Å². The summed E-state index contributed by atoms with van der Waals surface area (Å²) >= 11 is 2.32. The Morgan fingerprint density at radius 1 is 1.47 bits per heavy atom. The molecular weight excluding hydrogens is 288 g/mol. The highest BCUT2D eigenvalue weighted by Gasteiger charge is 2.19. The average molecular weight is 298 g/mol. The van der Waals surface area contributed by atoms with Crippen molar-refractivity contribution < 1.29 is 19.4 Å². The van der Waals surface area contributed by atoms with Crippen molar-refractivity contribution >= 4 is 45.3 Å². The molecule has 2 aromatic rings. The van der Waals surface area contributed by atoms with Crippen LogP contribution in [0.15, 0.2) is 11.4 Å². The van der Waals surface area contributed by atoms with E-state index in [2.05, 4.69) is 14.7 Å². The first-order valence-corrected chi connectivity index (χ1v) is 7.01. The summed E-state index contributed by atoms with van der Waals surface area (Å²) in [5, 5.41) is 10.4. The van der Waals surface area contributed by atoms with E-state index in [4.69, 9.17) is 5.11 Å². The Hall–Kier alpha value is -1.67. The zero-order chi connectivity index (χ0) is 14.0. The van der Waals surface area contributed by atoms with E-state index in [1.54, 1.807) is 6.92 Å². The van der Waals surface area contributed by atoms with Crippen LogP contribution in [0.2, 0.25) is 0 Å². The molecule has 2 aromatic heterocycles. The Morgan fingerprint density at radius 2 is 2.21 bits per heavy atom. The van der Waals surface area contributed by atoms with Crippen LogP contribution < -0.4 is 0 Å². The largest absolute Gasteiger partial charge is 0.477 e. The molecule has 0 unspecified atom stereocenters. The monoisotopic (exact) mass is 298 g/mol. The van der Waals surface area contributed by atoms with Crippen LogP contribution in [0.4, 0.5) is 0 Å². The van der Waals surface area contributed by atoms with Crippen molar-refractivity contribution in [1.29, 1.82) is 0 Å². The number of esters is 1. The number of carbonyl (C=O) groups excluding carboxylic acids is 1. The standard InChI is InChI=1S/C11H10N2O4S2/c1-5-7-9(18-3-6(14)17-2)12-4-13-10(7)19-8(5)11(15)16/h4H,3H2,1-2H3,(H,15,16). The lowest BCUT2D eigenvalue weighted by atomic mass is 10.2. The lowest BCUT2D eigenvalue weighted by Crippen LogP contribution is -2.03. The minimum absolute atomic E-state index is 0.125. The van der Waals surface area contributed by atoms with Gasteiger partial charge < -0.3 is 9.84 Å². The average Bonchev–Trinajstić information content (AvgIpc) is 2.74. The highest BCUT2D eigenvalue weighted by atomic mass is 32.2. The Labute approximate surface area is 116 Å². The Kier molecular flexibility index (Phi) is 4.01. The van der Waals surface area contributed by atoms with Gasteiger partial charge in [0.05, 0.1) is 12.9 Å². The molecule has 0 saturated carbocycles. The maximum atomic E-state index is 11.1. The lowest BCUT2D eigenvalue weighted by molar-refractivity contribution is -0.137. The Balaban J connectivity index is 2.44. The molecule has 0 aliphatic heterocycles. The predicted molar refractivity (Wildman–Crippen MR) is 71.9 cm³/mol. The van der Waals surface area contributed by atoms with Crippen LogP contribution in [0.1, 0.15) is 15.2 Å². The second-order valence-corrected chi connectivity index (χ2v) is 5.55. The van der Waals surface area contributed by atoms with E-state index >= 15 is 0 Å². The molecule has 1 N–H and O–H groups in total. The van der Waals surface area contributed by atoms with Crippen LogP contribution in [-0.4, -0.2) is 39.9 Å². The van der Waals surface area contributed by atoms with Gasteiger partial charge in [0.25, 0.3) is 0 Å². The molecule has 0 fully saturated rings. The smallest absolute Gasteiger partial charge is 0.346 e. The Morgan fingerprint density at radius 3 is 2.84 bits per heavy atom. The van der Waals surface area contributed by atoms with Crippen LogP contribution in [0, 0.1) is 6.92 Å². The summed E-state index contributed by atoms with van der Waals surface area (Å²) in [7, 11) is 1.32. The van der Waals surface area contributed by atoms with Crippen LogP contribution in [-0.2, 0) is 9.53 Å². The minimum atomic E-state index is -0.982. The molecule has 100 valence electrons. The van der Waals surface area contributed by atoms with Gasteiger partial charge in [0.1, 0.15) is 21.1 Å². The molecule has 2 rings (SSSR count). The number of fused-ring (bicyclic) bond motifs is 1. The van der Waals surface area contributed by atoms with E-state index in [9.17, 15) is 9.59 Å². The van der Waals surface area contributed by atoms with E-state index in [0.29, 0.717) is 20.8 Å². The van der Waals surface area contributed by atoms with Gasteiger partial charge in [-0.2, -0.15) is 0 Å². The van der Waals surface area contributed by atoms with Gasteiger partial charge in [0, 0.05) is 5.39 Å². The molecule has 0 spiro atoms. The van der Waals surface area contributed by atoms with Crippen LogP contribution >= 0.6 is 23.1 Å². The van der Waals surface area contributed by atoms with Crippen molar-refractivity contribution in [3.63, 3.8) is 0 Å². The van der Waals surface area contributed by atoms with Crippen LogP contribution in [0.5, 0.6) is 0 Å². The number of aromatic carboxylic acids is 1. The van der Waals surface area contributed by atoms with Crippen molar-refractivity contribution in [1.82, 2.24) is 9.97 Å². The van der Waals surface area contributed by atoms with Gasteiger partial charge in [-0.3, -0.25) is 4.79 Å². The summed E-state index contributed by atoms with van der Waals surface area (Å²) in [6.45, 7) is 1.72. The number of thiophene rings is 1. The molecule has 6 nitrogen and oxygen atoms in total. The van der Waals surface area contributed by atoms with Crippen LogP contribution in [0.3, 0.4) is 0 Å². The van der Waals surface area contributed by atoms with Gasteiger partial charge in [-0.05, 0) is 12.5 Å². The summed E-state index contributed by atoms with van der Waals surface area (Å²) in [5.74, 6) is -1.21. The fourth-order valence-electron chi connectivity index (χ4n) is 1.54. The summed E-state index contributed by atoms with van der Waals surface area (Å²) in [4.78, 5) is 31.3. The zero-order valence-electron chi connectivity index (χ0n) is 10.2. The highest BCUT2D eigenvalue weighted by molar-refractivity contribution is 8.00. The van der Waals surface area contributed by atoms with Crippen molar-refractivity contribution in [2.75, 3.05) is 12.9 Å². The van der Waals surface area contributed by atoms with Crippen LogP contribution in [0.25, 0.3) is 10.2 Å².